The molecule has 4 heteroatoms. The fourth-order valence-corrected chi connectivity index (χ4v) is 2.56. The topological polar surface area (TPSA) is 40.6 Å². The molecule has 2 amide bonds. The van der Waals surface area contributed by atoms with E-state index in [4.69, 9.17) is 0 Å². The molecule has 1 saturated heterocycles. The number of hydrogen-bond donors (Lipinski definition) is 0. The Morgan fingerprint density at radius 2 is 1.59 bits per heavy atom. The molecule has 0 radical (unpaired) electrons. The van der Waals surface area contributed by atoms with E-state index in [2.05, 4.69) is 0 Å². The van der Waals surface area contributed by atoms with Crippen molar-refractivity contribution in [2.75, 3.05) is 27.2 Å². The monoisotopic (exact) mass is 300 g/mol. The van der Waals surface area contributed by atoms with Crippen LogP contribution in [0.1, 0.15) is 41.6 Å². The van der Waals surface area contributed by atoms with Gasteiger partial charge < -0.3 is 9.80 Å². The first kappa shape index (κ1) is 16.3. The number of carbonyl (C=O) groups is 2. The van der Waals surface area contributed by atoms with Crippen LogP contribution in [-0.2, 0) is 4.79 Å². The van der Waals surface area contributed by atoms with Crippen LogP contribution in [0.2, 0.25) is 0 Å². The van der Waals surface area contributed by atoms with Crippen molar-refractivity contribution in [3.63, 3.8) is 0 Å². The molecule has 0 spiro atoms. The number of carbonyl (C=O) groups excluding carboxylic acids is 2. The smallest absolute Gasteiger partial charge is 0.253 e. The highest BCUT2D eigenvalue weighted by atomic mass is 16.2. The molecule has 118 valence electrons. The van der Waals surface area contributed by atoms with E-state index in [0.29, 0.717) is 5.56 Å². The Kier molecular flexibility index (Phi) is 5.75. The summed E-state index contributed by atoms with van der Waals surface area (Å²) < 4.78 is 0. The van der Waals surface area contributed by atoms with Gasteiger partial charge in [0.05, 0.1) is 0 Å². The van der Waals surface area contributed by atoms with Crippen LogP contribution in [-0.4, -0.2) is 48.8 Å². The van der Waals surface area contributed by atoms with Gasteiger partial charge in [-0.15, -0.1) is 0 Å². The predicted octanol–water partition coefficient (Wildman–Crippen LogP) is 2.80. The summed E-state index contributed by atoms with van der Waals surface area (Å²) in [6.07, 6.45) is 8.08. The molecule has 1 aromatic rings. The molecule has 0 aromatic heterocycles. The van der Waals surface area contributed by atoms with Gasteiger partial charge in [-0.25, -0.2) is 0 Å². The van der Waals surface area contributed by atoms with Crippen LogP contribution in [0.25, 0.3) is 6.08 Å². The molecule has 1 aliphatic heterocycles. The lowest BCUT2D eigenvalue weighted by atomic mass is 10.1. The number of benzene rings is 1. The van der Waals surface area contributed by atoms with Crippen LogP contribution in [0, 0.1) is 0 Å². The van der Waals surface area contributed by atoms with E-state index in [1.807, 2.05) is 23.1 Å². The van der Waals surface area contributed by atoms with Crippen molar-refractivity contribution in [3.05, 3.63) is 41.5 Å². The number of nitrogens with zero attached hydrogens (tertiary/aromatic N) is 2. The molecular formula is C18H24N2O2. The van der Waals surface area contributed by atoms with E-state index in [-0.39, 0.29) is 11.8 Å². The molecule has 1 aliphatic rings. The Morgan fingerprint density at radius 1 is 1.00 bits per heavy atom. The summed E-state index contributed by atoms with van der Waals surface area (Å²) in [7, 11) is 3.46. The highest BCUT2D eigenvalue weighted by Gasteiger charge is 2.12. The number of amides is 2. The van der Waals surface area contributed by atoms with Crippen molar-refractivity contribution in [3.8, 4) is 0 Å². The zero-order chi connectivity index (χ0) is 15.9. The minimum absolute atomic E-state index is 0.0174. The van der Waals surface area contributed by atoms with Crippen molar-refractivity contribution in [1.29, 1.82) is 0 Å². The number of hydrogen-bond acceptors (Lipinski definition) is 2. The van der Waals surface area contributed by atoms with Crippen LogP contribution in [0.4, 0.5) is 0 Å². The molecule has 0 aliphatic carbocycles. The molecule has 0 unspecified atom stereocenters. The fraction of sp³-hybridized carbons (Fsp3) is 0.444. The molecule has 0 saturated carbocycles. The Labute approximate surface area is 132 Å². The molecular weight excluding hydrogens is 276 g/mol. The lowest BCUT2D eigenvalue weighted by molar-refractivity contribution is -0.125. The maximum absolute atomic E-state index is 12.2. The van der Waals surface area contributed by atoms with E-state index in [1.165, 1.54) is 12.8 Å². The zero-order valence-corrected chi connectivity index (χ0v) is 13.4. The highest BCUT2D eigenvalue weighted by Crippen LogP contribution is 2.11. The molecule has 0 atom stereocenters. The van der Waals surface area contributed by atoms with Gasteiger partial charge in [0.1, 0.15) is 0 Å². The van der Waals surface area contributed by atoms with Gasteiger partial charge in [0.2, 0.25) is 5.91 Å². The lowest BCUT2D eigenvalue weighted by Gasteiger charge is -2.17. The molecule has 1 heterocycles. The largest absolute Gasteiger partial charge is 0.345 e. The molecule has 4 nitrogen and oxygen atoms in total. The summed E-state index contributed by atoms with van der Waals surface area (Å²) in [5, 5.41) is 0. The van der Waals surface area contributed by atoms with Crippen LogP contribution in [0.15, 0.2) is 30.3 Å². The van der Waals surface area contributed by atoms with Crippen molar-refractivity contribution in [1.82, 2.24) is 9.80 Å². The quantitative estimate of drug-likeness (QED) is 0.805. The van der Waals surface area contributed by atoms with Crippen LogP contribution in [0.5, 0.6) is 0 Å². The van der Waals surface area contributed by atoms with Gasteiger partial charge in [0, 0.05) is 38.8 Å². The highest BCUT2D eigenvalue weighted by molar-refractivity contribution is 5.94. The van der Waals surface area contributed by atoms with Crippen molar-refractivity contribution >= 4 is 17.9 Å². The zero-order valence-electron chi connectivity index (χ0n) is 13.4. The van der Waals surface area contributed by atoms with Gasteiger partial charge in [-0.3, -0.25) is 9.59 Å². The number of likely N-dealkylation sites (tertiary alicyclic amines) is 1. The Balaban J connectivity index is 1.97. The maximum Gasteiger partial charge on any atom is 0.253 e. The van der Waals surface area contributed by atoms with E-state index >= 15 is 0 Å². The van der Waals surface area contributed by atoms with Crippen molar-refractivity contribution < 1.29 is 9.59 Å². The second-order valence-electron chi connectivity index (χ2n) is 5.89. The minimum atomic E-state index is -0.0174. The summed E-state index contributed by atoms with van der Waals surface area (Å²) in [5.41, 5.74) is 1.58. The minimum Gasteiger partial charge on any atom is -0.345 e. The van der Waals surface area contributed by atoms with E-state index < -0.39 is 0 Å². The standard InChI is InChI=1S/C18H24N2O2/c1-19(2)18(22)16-10-7-15(8-11-16)9-12-17(21)20-13-5-3-4-6-14-20/h7-12H,3-6,13-14H2,1-2H3/b12-9+. The third-order valence-corrected chi connectivity index (χ3v) is 3.90. The van der Waals surface area contributed by atoms with Gasteiger partial charge in [-0.05, 0) is 36.6 Å². The van der Waals surface area contributed by atoms with Gasteiger partial charge in [-0.2, -0.15) is 0 Å². The normalized spacial score (nSPS) is 15.6. The third-order valence-electron chi connectivity index (χ3n) is 3.90. The Morgan fingerprint density at radius 3 is 2.14 bits per heavy atom. The first-order valence-corrected chi connectivity index (χ1v) is 7.86. The Hall–Kier alpha value is -2.10. The summed E-state index contributed by atoms with van der Waals surface area (Å²) >= 11 is 0. The first-order valence-electron chi connectivity index (χ1n) is 7.86. The van der Waals surface area contributed by atoms with Crippen molar-refractivity contribution in [2.24, 2.45) is 0 Å². The lowest BCUT2D eigenvalue weighted by Crippen LogP contribution is -2.30. The van der Waals surface area contributed by atoms with Crippen LogP contribution in [0.3, 0.4) is 0 Å². The second kappa shape index (κ2) is 7.78. The molecule has 0 bridgehead atoms. The van der Waals surface area contributed by atoms with Crippen LogP contribution < -0.4 is 0 Å². The summed E-state index contributed by atoms with van der Waals surface area (Å²) in [6, 6.07) is 7.31. The first-order chi connectivity index (χ1) is 10.6. The fourth-order valence-electron chi connectivity index (χ4n) is 2.56. The van der Waals surface area contributed by atoms with Gasteiger partial charge >= 0.3 is 0 Å². The molecule has 1 fully saturated rings. The van der Waals surface area contributed by atoms with Gasteiger partial charge in [0.15, 0.2) is 0 Å². The molecule has 1 aromatic carbocycles. The second-order valence-corrected chi connectivity index (χ2v) is 5.89. The van der Waals surface area contributed by atoms with Gasteiger partial charge in [0.25, 0.3) is 5.91 Å². The van der Waals surface area contributed by atoms with Crippen molar-refractivity contribution in [2.45, 2.75) is 25.7 Å². The average Bonchev–Trinajstić information content (AvgIpc) is 2.81. The van der Waals surface area contributed by atoms with E-state index in [0.717, 1.165) is 31.5 Å². The Bertz CT molecular complexity index is 539. The average molecular weight is 300 g/mol. The molecule has 2 rings (SSSR count). The number of rotatable bonds is 3. The maximum atomic E-state index is 12.2. The summed E-state index contributed by atoms with van der Waals surface area (Å²) in [6.45, 7) is 1.72. The summed E-state index contributed by atoms with van der Waals surface area (Å²) in [4.78, 5) is 27.4. The molecule has 22 heavy (non-hydrogen) atoms. The van der Waals surface area contributed by atoms with E-state index in [9.17, 15) is 9.59 Å². The molecule has 0 N–H and O–H groups in total. The van der Waals surface area contributed by atoms with Crippen LogP contribution >= 0.6 is 0 Å². The van der Waals surface area contributed by atoms with Gasteiger partial charge in [-0.1, -0.05) is 25.0 Å². The third kappa shape index (κ3) is 4.45. The summed E-state index contributed by atoms with van der Waals surface area (Å²) in [5.74, 6) is 0.0616. The predicted molar refractivity (Wildman–Crippen MR) is 88.5 cm³/mol. The van der Waals surface area contributed by atoms with E-state index in [1.54, 1.807) is 37.2 Å². The SMILES string of the molecule is CN(C)C(=O)c1ccc(/C=C/C(=O)N2CCCCCC2)cc1.